The molecule has 2 N–H and O–H groups in total. The molecular weight excluding hydrogens is 154 g/mol. The van der Waals surface area contributed by atoms with Gasteiger partial charge in [-0.25, -0.2) is 0 Å². The van der Waals surface area contributed by atoms with E-state index in [-0.39, 0.29) is 23.9 Å². The lowest BCUT2D eigenvalue weighted by Gasteiger charge is -2.24. The first-order chi connectivity index (χ1) is 3.48. The first-order valence-corrected chi connectivity index (χ1v) is 3.48. The lowest BCUT2D eigenvalue weighted by Crippen LogP contribution is -2.36. The summed E-state index contributed by atoms with van der Waals surface area (Å²) < 4.78 is 0. The summed E-state index contributed by atoms with van der Waals surface area (Å²) in [6, 6.07) is 0.214. The number of hydrogen-bond donors (Lipinski definition) is 2. The van der Waals surface area contributed by atoms with Gasteiger partial charge in [0.15, 0.2) is 0 Å². The molecule has 3 heteroatoms. The van der Waals surface area contributed by atoms with E-state index in [1.807, 2.05) is 0 Å². The highest BCUT2D eigenvalue weighted by Crippen LogP contribution is 2.17. The van der Waals surface area contributed by atoms with Crippen molar-refractivity contribution in [3.8, 4) is 0 Å². The number of rotatable bonds is 1. The molecule has 0 spiro atoms. The molecule has 0 saturated carbocycles. The van der Waals surface area contributed by atoms with Crippen LogP contribution in [-0.2, 0) is 0 Å². The normalized spacial score (nSPS) is 14.3. The van der Waals surface area contributed by atoms with Gasteiger partial charge in [0.1, 0.15) is 0 Å². The van der Waals surface area contributed by atoms with E-state index in [4.69, 9.17) is 5.73 Å². The van der Waals surface area contributed by atoms with Crippen LogP contribution in [0.5, 0.6) is 0 Å². The molecule has 0 aromatic carbocycles. The molecule has 9 heavy (non-hydrogen) atoms. The molecule has 0 saturated heterocycles. The molecule has 0 aliphatic rings. The van der Waals surface area contributed by atoms with Crippen molar-refractivity contribution in [2.24, 2.45) is 11.1 Å². The van der Waals surface area contributed by atoms with Gasteiger partial charge in [0.05, 0.1) is 0 Å². The lowest BCUT2D eigenvalue weighted by molar-refractivity contribution is 0.344. The van der Waals surface area contributed by atoms with Crippen LogP contribution in [0.25, 0.3) is 0 Å². The van der Waals surface area contributed by atoms with Crippen molar-refractivity contribution in [1.29, 1.82) is 0 Å². The third kappa shape index (κ3) is 5.07. The Kier molecular flexibility index (Phi) is 6.04. The van der Waals surface area contributed by atoms with Gasteiger partial charge in [0.25, 0.3) is 0 Å². The fourth-order valence-corrected chi connectivity index (χ4v) is 0.822. The van der Waals surface area contributed by atoms with Crippen molar-refractivity contribution in [2.75, 3.05) is 5.75 Å². The summed E-state index contributed by atoms with van der Waals surface area (Å²) in [7, 11) is 0. The maximum absolute atomic E-state index is 5.67. The number of nitrogens with two attached hydrogens (primary N) is 1. The molecule has 0 aliphatic carbocycles. The molecule has 0 aromatic heterocycles. The van der Waals surface area contributed by atoms with Gasteiger partial charge in [0.2, 0.25) is 0 Å². The Hall–Kier alpha value is 0.600. The zero-order valence-electron chi connectivity index (χ0n) is 6.22. The average Bonchev–Trinajstić information content (AvgIpc) is 1.62. The lowest BCUT2D eigenvalue weighted by atomic mass is 9.89. The monoisotopic (exact) mass is 169 g/mol. The summed E-state index contributed by atoms with van der Waals surface area (Å²) in [5, 5.41) is 0. The highest BCUT2D eigenvalue weighted by atomic mass is 35.5. The predicted octanol–water partition coefficient (Wildman–Crippen LogP) is 1.71. The molecule has 0 fully saturated rings. The van der Waals surface area contributed by atoms with Crippen LogP contribution in [0, 0.1) is 5.41 Å². The van der Waals surface area contributed by atoms with E-state index < -0.39 is 0 Å². The molecule has 58 valence electrons. The smallest absolute Gasteiger partial charge is 0.0177 e. The van der Waals surface area contributed by atoms with Crippen LogP contribution < -0.4 is 5.73 Å². The summed E-state index contributed by atoms with van der Waals surface area (Å²) >= 11 is 4.08. The Morgan fingerprint density at radius 2 is 1.78 bits per heavy atom. The summed E-state index contributed by atoms with van der Waals surface area (Å²) in [4.78, 5) is 0. The van der Waals surface area contributed by atoms with E-state index in [1.54, 1.807) is 0 Å². The van der Waals surface area contributed by atoms with Gasteiger partial charge in [-0.3, -0.25) is 0 Å². The highest BCUT2D eigenvalue weighted by molar-refractivity contribution is 7.80. The third-order valence-electron chi connectivity index (χ3n) is 1.31. The van der Waals surface area contributed by atoms with Crippen molar-refractivity contribution in [1.82, 2.24) is 0 Å². The number of thiol groups is 1. The van der Waals surface area contributed by atoms with E-state index in [2.05, 4.69) is 33.4 Å². The van der Waals surface area contributed by atoms with Crippen molar-refractivity contribution < 1.29 is 0 Å². The molecule has 1 atom stereocenters. The molecule has 0 aromatic rings. The summed E-state index contributed by atoms with van der Waals surface area (Å²) in [6.45, 7) is 6.36. The zero-order valence-corrected chi connectivity index (χ0v) is 7.93. The van der Waals surface area contributed by atoms with Crippen molar-refractivity contribution in [3.05, 3.63) is 0 Å². The van der Waals surface area contributed by atoms with Crippen molar-refractivity contribution in [3.63, 3.8) is 0 Å². The predicted molar refractivity (Wildman–Crippen MR) is 48.5 cm³/mol. The van der Waals surface area contributed by atoms with E-state index >= 15 is 0 Å². The molecule has 0 heterocycles. The maximum Gasteiger partial charge on any atom is 0.0177 e. The third-order valence-corrected chi connectivity index (χ3v) is 1.70. The maximum atomic E-state index is 5.67. The van der Waals surface area contributed by atoms with E-state index in [0.29, 0.717) is 0 Å². The van der Waals surface area contributed by atoms with Crippen LogP contribution in [0.4, 0.5) is 0 Å². The Balaban J connectivity index is 0. The van der Waals surface area contributed by atoms with E-state index in [9.17, 15) is 0 Å². The summed E-state index contributed by atoms with van der Waals surface area (Å²) in [5.41, 5.74) is 5.88. The first-order valence-electron chi connectivity index (χ1n) is 2.85. The topological polar surface area (TPSA) is 26.0 Å². The van der Waals surface area contributed by atoms with Crippen molar-refractivity contribution in [2.45, 2.75) is 26.8 Å². The zero-order chi connectivity index (χ0) is 6.78. The van der Waals surface area contributed by atoms with E-state index in [1.165, 1.54) is 0 Å². The van der Waals surface area contributed by atoms with E-state index in [0.717, 1.165) is 5.75 Å². The van der Waals surface area contributed by atoms with Crippen LogP contribution in [-0.4, -0.2) is 11.8 Å². The minimum Gasteiger partial charge on any atom is -0.326 e. The summed E-state index contributed by atoms with van der Waals surface area (Å²) in [6.07, 6.45) is 0. The Labute approximate surface area is 69.2 Å². The standard InChI is InChI=1S/C6H15NS.ClH/c1-6(2,3)5(7)4-8;/h5,8H,4,7H2,1-3H3;1H/t5-;/m0./s1. The van der Waals surface area contributed by atoms with Gasteiger partial charge >= 0.3 is 0 Å². The minimum atomic E-state index is 0. The molecular formula is C6H16ClNS. The van der Waals surface area contributed by atoms with Gasteiger partial charge < -0.3 is 5.73 Å². The van der Waals surface area contributed by atoms with Crippen LogP contribution in [0.1, 0.15) is 20.8 Å². The van der Waals surface area contributed by atoms with Gasteiger partial charge in [0, 0.05) is 11.8 Å². The molecule has 0 rings (SSSR count). The second-order valence-corrected chi connectivity index (χ2v) is 3.52. The molecule has 1 nitrogen and oxygen atoms in total. The fraction of sp³-hybridized carbons (Fsp3) is 1.00. The van der Waals surface area contributed by atoms with Crippen molar-refractivity contribution >= 4 is 25.0 Å². The van der Waals surface area contributed by atoms with Crippen LogP contribution in [0.2, 0.25) is 0 Å². The first kappa shape index (κ1) is 12.3. The number of hydrogen-bond acceptors (Lipinski definition) is 2. The molecule has 0 unspecified atom stereocenters. The molecule has 0 bridgehead atoms. The van der Waals surface area contributed by atoms with Gasteiger partial charge in [-0.05, 0) is 5.41 Å². The highest BCUT2D eigenvalue weighted by Gasteiger charge is 2.17. The number of halogens is 1. The Morgan fingerprint density at radius 3 is 1.78 bits per heavy atom. The van der Waals surface area contributed by atoms with Crippen LogP contribution in [0.3, 0.4) is 0 Å². The largest absolute Gasteiger partial charge is 0.326 e. The van der Waals surface area contributed by atoms with Gasteiger partial charge in [-0.2, -0.15) is 12.6 Å². The van der Waals surface area contributed by atoms with Crippen LogP contribution >= 0.6 is 25.0 Å². The summed E-state index contributed by atoms with van der Waals surface area (Å²) in [5.74, 6) is 0.767. The Morgan fingerprint density at radius 1 is 1.44 bits per heavy atom. The SMILES string of the molecule is CC(C)(C)[C@@H](N)CS.Cl. The van der Waals surface area contributed by atoms with Gasteiger partial charge in [-0.15, -0.1) is 12.4 Å². The second-order valence-electron chi connectivity index (χ2n) is 3.16. The minimum absolute atomic E-state index is 0. The molecule has 0 aliphatic heterocycles. The quantitative estimate of drug-likeness (QED) is 0.575. The van der Waals surface area contributed by atoms with Gasteiger partial charge in [-0.1, -0.05) is 20.8 Å². The second kappa shape index (κ2) is 4.42. The fourth-order valence-electron chi connectivity index (χ4n) is 0.274. The van der Waals surface area contributed by atoms with Crippen LogP contribution in [0.15, 0.2) is 0 Å². The molecule has 0 radical (unpaired) electrons. The molecule has 0 amide bonds. The average molecular weight is 170 g/mol. The Bertz CT molecular complexity index is 69.9.